The Hall–Kier alpha value is -1.48. The van der Waals surface area contributed by atoms with Gasteiger partial charge >= 0.3 is 0 Å². The number of rotatable bonds is 3. The van der Waals surface area contributed by atoms with Gasteiger partial charge in [0, 0.05) is 0 Å². The zero-order chi connectivity index (χ0) is 10.7. The van der Waals surface area contributed by atoms with Crippen LogP contribution in [0.25, 0.3) is 5.69 Å². The van der Waals surface area contributed by atoms with Gasteiger partial charge in [-0.3, -0.25) is 0 Å². The van der Waals surface area contributed by atoms with Gasteiger partial charge in [-0.25, -0.2) is 4.68 Å². The highest BCUT2D eigenvalue weighted by molar-refractivity contribution is 6.31. The zero-order valence-corrected chi connectivity index (χ0v) is 9.11. The van der Waals surface area contributed by atoms with Gasteiger partial charge in [0.2, 0.25) is 0 Å². The Balaban J connectivity index is 2.34. The van der Waals surface area contributed by atoms with Crippen molar-refractivity contribution in [2.24, 2.45) is 0 Å². The van der Waals surface area contributed by atoms with Gasteiger partial charge in [-0.2, -0.15) is 0 Å². The molecule has 0 aliphatic heterocycles. The SMILES string of the molecule is CCOc1nn(-c2ccccc2)cc1Cl. The molecule has 1 aromatic heterocycles. The van der Waals surface area contributed by atoms with Crippen LogP contribution >= 0.6 is 11.6 Å². The molecule has 0 amide bonds. The normalized spacial score (nSPS) is 10.3. The third-order valence-electron chi connectivity index (χ3n) is 1.94. The van der Waals surface area contributed by atoms with E-state index in [1.807, 2.05) is 37.3 Å². The first-order valence-electron chi connectivity index (χ1n) is 4.74. The summed E-state index contributed by atoms with van der Waals surface area (Å²) in [5.74, 6) is 0.475. The average molecular weight is 223 g/mol. The van der Waals surface area contributed by atoms with Crippen LogP contribution in [0.15, 0.2) is 36.5 Å². The van der Waals surface area contributed by atoms with E-state index in [-0.39, 0.29) is 0 Å². The van der Waals surface area contributed by atoms with E-state index >= 15 is 0 Å². The molecule has 0 saturated heterocycles. The number of nitrogens with zero attached hydrogens (tertiary/aromatic N) is 2. The van der Waals surface area contributed by atoms with E-state index in [1.165, 1.54) is 0 Å². The van der Waals surface area contributed by atoms with E-state index in [0.717, 1.165) is 5.69 Å². The van der Waals surface area contributed by atoms with Gasteiger partial charge in [-0.15, -0.1) is 5.10 Å². The van der Waals surface area contributed by atoms with Gasteiger partial charge < -0.3 is 4.74 Å². The van der Waals surface area contributed by atoms with Crippen LogP contribution in [0.2, 0.25) is 5.02 Å². The first-order chi connectivity index (χ1) is 7.31. The number of hydrogen-bond acceptors (Lipinski definition) is 2. The number of halogens is 1. The van der Waals surface area contributed by atoms with Crippen LogP contribution in [0, 0.1) is 0 Å². The molecule has 1 heterocycles. The summed E-state index contributed by atoms with van der Waals surface area (Å²) in [6.45, 7) is 2.46. The molecular formula is C11H11ClN2O. The van der Waals surface area contributed by atoms with Crippen LogP contribution in [-0.2, 0) is 0 Å². The predicted octanol–water partition coefficient (Wildman–Crippen LogP) is 2.92. The van der Waals surface area contributed by atoms with Crippen molar-refractivity contribution < 1.29 is 4.74 Å². The molecule has 0 fully saturated rings. The van der Waals surface area contributed by atoms with E-state index in [0.29, 0.717) is 17.5 Å². The largest absolute Gasteiger partial charge is 0.476 e. The molecule has 0 aliphatic rings. The van der Waals surface area contributed by atoms with E-state index in [2.05, 4.69) is 5.10 Å². The summed E-state index contributed by atoms with van der Waals surface area (Å²) in [4.78, 5) is 0. The fourth-order valence-electron chi connectivity index (χ4n) is 1.28. The maximum absolute atomic E-state index is 5.97. The number of para-hydroxylation sites is 1. The number of aromatic nitrogens is 2. The van der Waals surface area contributed by atoms with Gasteiger partial charge in [-0.1, -0.05) is 29.8 Å². The van der Waals surface area contributed by atoms with Crippen molar-refractivity contribution >= 4 is 11.6 Å². The molecule has 0 spiro atoms. The fourth-order valence-corrected chi connectivity index (χ4v) is 1.47. The summed E-state index contributed by atoms with van der Waals surface area (Å²) < 4.78 is 6.98. The van der Waals surface area contributed by atoms with Crippen LogP contribution in [0.5, 0.6) is 5.88 Å². The molecule has 15 heavy (non-hydrogen) atoms. The molecule has 2 rings (SSSR count). The van der Waals surface area contributed by atoms with Crippen LogP contribution in [0.4, 0.5) is 0 Å². The van der Waals surface area contributed by atoms with Crippen molar-refractivity contribution in [1.29, 1.82) is 0 Å². The van der Waals surface area contributed by atoms with Gasteiger partial charge in [0.1, 0.15) is 5.02 Å². The van der Waals surface area contributed by atoms with Crippen molar-refractivity contribution in [2.75, 3.05) is 6.61 Å². The Bertz CT molecular complexity index is 439. The Morgan fingerprint density at radius 2 is 2.07 bits per heavy atom. The summed E-state index contributed by atoms with van der Waals surface area (Å²) in [6.07, 6.45) is 1.74. The first kappa shape index (κ1) is 10.1. The lowest BCUT2D eigenvalue weighted by Gasteiger charge is -1.99. The maximum atomic E-state index is 5.97. The minimum atomic E-state index is 0.475. The second kappa shape index (κ2) is 4.36. The number of hydrogen-bond donors (Lipinski definition) is 0. The second-order valence-corrected chi connectivity index (χ2v) is 3.40. The quantitative estimate of drug-likeness (QED) is 0.799. The monoisotopic (exact) mass is 222 g/mol. The van der Waals surface area contributed by atoms with Crippen molar-refractivity contribution in [2.45, 2.75) is 6.92 Å². The van der Waals surface area contributed by atoms with Crippen molar-refractivity contribution in [1.82, 2.24) is 9.78 Å². The van der Waals surface area contributed by atoms with Crippen LogP contribution < -0.4 is 4.74 Å². The summed E-state index contributed by atoms with van der Waals surface area (Å²) in [6, 6.07) is 9.77. The number of ether oxygens (including phenoxy) is 1. The van der Waals surface area contributed by atoms with E-state index in [9.17, 15) is 0 Å². The molecule has 0 bridgehead atoms. The second-order valence-electron chi connectivity index (χ2n) is 3.00. The molecule has 78 valence electrons. The molecule has 0 aliphatic carbocycles. The van der Waals surface area contributed by atoms with Crippen molar-refractivity contribution in [3.8, 4) is 11.6 Å². The van der Waals surface area contributed by atoms with E-state index < -0.39 is 0 Å². The van der Waals surface area contributed by atoms with E-state index in [1.54, 1.807) is 10.9 Å². The topological polar surface area (TPSA) is 27.1 Å². The summed E-state index contributed by atoms with van der Waals surface area (Å²) in [5, 5.41) is 4.76. The number of benzene rings is 1. The zero-order valence-electron chi connectivity index (χ0n) is 8.35. The smallest absolute Gasteiger partial charge is 0.252 e. The highest BCUT2D eigenvalue weighted by Crippen LogP contribution is 2.23. The third-order valence-corrected chi connectivity index (χ3v) is 2.20. The summed E-state index contributed by atoms with van der Waals surface area (Å²) in [5.41, 5.74) is 0.963. The van der Waals surface area contributed by atoms with Crippen molar-refractivity contribution in [3.63, 3.8) is 0 Å². The Morgan fingerprint density at radius 1 is 1.33 bits per heavy atom. The minimum Gasteiger partial charge on any atom is -0.476 e. The molecule has 0 N–H and O–H groups in total. The molecular weight excluding hydrogens is 212 g/mol. The van der Waals surface area contributed by atoms with E-state index in [4.69, 9.17) is 16.3 Å². The van der Waals surface area contributed by atoms with Crippen LogP contribution in [-0.4, -0.2) is 16.4 Å². The summed E-state index contributed by atoms with van der Waals surface area (Å²) in [7, 11) is 0. The molecule has 0 saturated carbocycles. The molecule has 1 aromatic carbocycles. The standard InChI is InChI=1S/C11H11ClN2O/c1-2-15-11-10(12)8-14(13-11)9-6-4-3-5-7-9/h3-8H,2H2,1H3. The highest BCUT2D eigenvalue weighted by atomic mass is 35.5. The summed E-state index contributed by atoms with van der Waals surface area (Å²) >= 11 is 5.97. The lowest BCUT2D eigenvalue weighted by atomic mass is 10.3. The van der Waals surface area contributed by atoms with Crippen LogP contribution in [0.3, 0.4) is 0 Å². The highest BCUT2D eigenvalue weighted by Gasteiger charge is 2.07. The molecule has 0 radical (unpaired) electrons. The van der Waals surface area contributed by atoms with Gasteiger partial charge in [0.25, 0.3) is 5.88 Å². The third kappa shape index (κ3) is 2.13. The lowest BCUT2D eigenvalue weighted by Crippen LogP contribution is -1.96. The maximum Gasteiger partial charge on any atom is 0.252 e. The van der Waals surface area contributed by atoms with Gasteiger partial charge in [0.05, 0.1) is 18.5 Å². The molecule has 3 nitrogen and oxygen atoms in total. The first-order valence-corrected chi connectivity index (χ1v) is 5.12. The molecule has 0 atom stereocenters. The lowest BCUT2D eigenvalue weighted by molar-refractivity contribution is 0.324. The van der Waals surface area contributed by atoms with Gasteiger partial charge in [-0.05, 0) is 19.1 Å². The molecule has 2 aromatic rings. The van der Waals surface area contributed by atoms with Crippen molar-refractivity contribution in [3.05, 3.63) is 41.6 Å². The Kier molecular flexibility index (Phi) is 2.92. The van der Waals surface area contributed by atoms with Crippen LogP contribution in [0.1, 0.15) is 6.92 Å². The molecule has 4 heteroatoms. The Labute approximate surface area is 93.2 Å². The Morgan fingerprint density at radius 3 is 2.73 bits per heavy atom. The fraction of sp³-hybridized carbons (Fsp3) is 0.182. The predicted molar refractivity (Wildman–Crippen MR) is 59.7 cm³/mol. The average Bonchev–Trinajstić information content (AvgIpc) is 2.63. The van der Waals surface area contributed by atoms with Gasteiger partial charge in [0.15, 0.2) is 0 Å². The minimum absolute atomic E-state index is 0.475. The molecule has 0 unspecified atom stereocenters.